The second kappa shape index (κ2) is 7.58. The van der Waals surface area contributed by atoms with Crippen molar-refractivity contribution in [2.75, 3.05) is 6.61 Å². The fourth-order valence-electron chi connectivity index (χ4n) is 3.28. The van der Waals surface area contributed by atoms with E-state index in [0.717, 1.165) is 27.7 Å². The first-order chi connectivity index (χ1) is 12.5. The molecule has 0 saturated heterocycles. The van der Waals surface area contributed by atoms with Crippen molar-refractivity contribution in [2.24, 2.45) is 0 Å². The highest BCUT2D eigenvalue weighted by molar-refractivity contribution is 5.93. The van der Waals surface area contributed by atoms with Crippen molar-refractivity contribution in [3.8, 4) is 0 Å². The number of rotatable bonds is 6. The third kappa shape index (κ3) is 3.28. The first-order valence-corrected chi connectivity index (χ1v) is 8.78. The number of fused-ring (bicyclic) bond motifs is 1. The van der Waals surface area contributed by atoms with Crippen LogP contribution in [0.5, 0.6) is 0 Å². The SMILES string of the molecule is C=C(C)C(=O)N(OCC)C(c1ccccc1)c1c(C)[nH]c2ccccc12. The first kappa shape index (κ1) is 18.0. The smallest absolute Gasteiger partial charge is 0.273 e. The summed E-state index contributed by atoms with van der Waals surface area (Å²) in [6.45, 7) is 9.83. The van der Waals surface area contributed by atoms with Crippen LogP contribution in [0.25, 0.3) is 10.9 Å². The van der Waals surface area contributed by atoms with Crippen LogP contribution >= 0.6 is 0 Å². The van der Waals surface area contributed by atoms with Crippen LogP contribution in [0.15, 0.2) is 66.7 Å². The second-order valence-corrected chi connectivity index (χ2v) is 6.35. The van der Waals surface area contributed by atoms with Gasteiger partial charge in [0.25, 0.3) is 5.91 Å². The van der Waals surface area contributed by atoms with Gasteiger partial charge in [0.15, 0.2) is 0 Å². The van der Waals surface area contributed by atoms with Crippen LogP contribution < -0.4 is 0 Å². The van der Waals surface area contributed by atoms with Gasteiger partial charge in [-0.2, -0.15) is 0 Å². The fourth-order valence-corrected chi connectivity index (χ4v) is 3.28. The predicted octanol–water partition coefficient (Wildman–Crippen LogP) is 4.92. The molecule has 1 N–H and O–H groups in total. The topological polar surface area (TPSA) is 45.3 Å². The van der Waals surface area contributed by atoms with Crippen LogP contribution in [-0.2, 0) is 9.63 Å². The third-order valence-corrected chi connectivity index (χ3v) is 4.40. The number of benzene rings is 2. The Hall–Kier alpha value is -2.85. The Labute approximate surface area is 154 Å². The van der Waals surface area contributed by atoms with Gasteiger partial charge < -0.3 is 4.98 Å². The summed E-state index contributed by atoms with van der Waals surface area (Å²) >= 11 is 0. The predicted molar refractivity (Wildman–Crippen MR) is 105 cm³/mol. The molecule has 0 fully saturated rings. The van der Waals surface area contributed by atoms with Crippen LogP contribution in [0.3, 0.4) is 0 Å². The maximum atomic E-state index is 12.9. The number of hydroxylamine groups is 2. The number of carbonyl (C=O) groups excluding carboxylic acids is 1. The third-order valence-electron chi connectivity index (χ3n) is 4.40. The number of aromatic nitrogens is 1. The summed E-state index contributed by atoms with van der Waals surface area (Å²) in [4.78, 5) is 22.1. The molecule has 1 unspecified atom stereocenters. The standard InChI is InChI=1S/C22H24N2O2/c1-5-26-24(22(25)15(2)3)21(17-11-7-6-8-12-17)20-16(4)23-19-14-10-9-13-18(19)20/h6-14,21,23H,2,5H2,1,3-4H3. The summed E-state index contributed by atoms with van der Waals surface area (Å²) in [5.41, 5.74) is 4.52. The lowest BCUT2D eigenvalue weighted by Gasteiger charge is -2.31. The van der Waals surface area contributed by atoms with E-state index >= 15 is 0 Å². The van der Waals surface area contributed by atoms with Crippen LogP contribution in [0.2, 0.25) is 0 Å². The Morgan fingerprint density at radius 2 is 1.81 bits per heavy atom. The molecule has 0 aliphatic heterocycles. The van der Waals surface area contributed by atoms with Gasteiger partial charge in [-0.05, 0) is 32.4 Å². The number of nitrogens with one attached hydrogen (secondary N) is 1. The number of amides is 1. The lowest BCUT2D eigenvalue weighted by molar-refractivity contribution is -0.190. The highest BCUT2D eigenvalue weighted by Gasteiger charge is 2.31. The number of hydrogen-bond acceptors (Lipinski definition) is 2. The molecule has 3 rings (SSSR count). The molecule has 26 heavy (non-hydrogen) atoms. The second-order valence-electron chi connectivity index (χ2n) is 6.35. The molecule has 0 aliphatic rings. The maximum Gasteiger partial charge on any atom is 0.273 e. The summed E-state index contributed by atoms with van der Waals surface area (Å²) in [6, 6.07) is 17.7. The monoisotopic (exact) mass is 348 g/mol. The number of para-hydroxylation sites is 1. The largest absolute Gasteiger partial charge is 0.358 e. The van der Waals surface area contributed by atoms with E-state index < -0.39 is 0 Å². The lowest BCUT2D eigenvalue weighted by Crippen LogP contribution is -2.36. The van der Waals surface area contributed by atoms with E-state index in [-0.39, 0.29) is 11.9 Å². The van der Waals surface area contributed by atoms with Gasteiger partial charge >= 0.3 is 0 Å². The van der Waals surface area contributed by atoms with Crippen molar-refractivity contribution in [3.63, 3.8) is 0 Å². The molecule has 1 amide bonds. The van der Waals surface area contributed by atoms with Crippen LogP contribution in [0, 0.1) is 6.92 Å². The molecule has 134 valence electrons. The van der Waals surface area contributed by atoms with Gasteiger partial charge in [-0.25, -0.2) is 5.06 Å². The van der Waals surface area contributed by atoms with E-state index in [1.54, 1.807) is 6.92 Å². The van der Waals surface area contributed by atoms with Crippen molar-refractivity contribution in [2.45, 2.75) is 26.8 Å². The lowest BCUT2D eigenvalue weighted by atomic mass is 9.95. The Morgan fingerprint density at radius 3 is 2.46 bits per heavy atom. The quantitative estimate of drug-likeness (QED) is 0.507. The molecule has 1 atom stereocenters. The normalized spacial score (nSPS) is 12.1. The molecule has 0 saturated carbocycles. The summed E-state index contributed by atoms with van der Waals surface area (Å²) in [7, 11) is 0. The Bertz CT molecular complexity index is 928. The zero-order valence-corrected chi connectivity index (χ0v) is 15.5. The van der Waals surface area contributed by atoms with Crippen molar-refractivity contribution in [3.05, 3.63) is 83.6 Å². The Balaban J connectivity index is 2.25. The minimum absolute atomic E-state index is 0.217. The van der Waals surface area contributed by atoms with E-state index in [0.29, 0.717) is 12.2 Å². The average molecular weight is 348 g/mol. The molecular formula is C22H24N2O2. The first-order valence-electron chi connectivity index (χ1n) is 8.78. The molecule has 1 aromatic heterocycles. The molecule has 0 aliphatic carbocycles. The van der Waals surface area contributed by atoms with Crippen LogP contribution in [0.1, 0.15) is 36.7 Å². The summed E-state index contributed by atoms with van der Waals surface area (Å²) in [5, 5.41) is 2.54. The van der Waals surface area contributed by atoms with E-state index in [9.17, 15) is 4.79 Å². The summed E-state index contributed by atoms with van der Waals surface area (Å²) in [6.07, 6.45) is 0. The molecule has 4 heteroatoms. The molecule has 3 aromatic rings. The zero-order chi connectivity index (χ0) is 18.7. The summed E-state index contributed by atoms with van der Waals surface area (Å²) in [5.74, 6) is -0.217. The highest BCUT2D eigenvalue weighted by atomic mass is 16.7. The number of carbonyl (C=O) groups is 1. The number of aryl methyl sites for hydroxylation is 1. The van der Waals surface area contributed by atoms with Gasteiger partial charge in [0.2, 0.25) is 0 Å². The maximum absolute atomic E-state index is 12.9. The number of H-pyrrole nitrogens is 1. The van der Waals surface area contributed by atoms with Crippen molar-refractivity contribution in [1.82, 2.24) is 10.0 Å². The number of aromatic amines is 1. The van der Waals surface area contributed by atoms with Crippen molar-refractivity contribution >= 4 is 16.8 Å². The van der Waals surface area contributed by atoms with Gasteiger partial charge in [-0.3, -0.25) is 9.63 Å². The van der Waals surface area contributed by atoms with Gasteiger partial charge in [0.05, 0.1) is 6.61 Å². The Kier molecular flexibility index (Phi) is 5.24. The van der Waals surface area contributed by atoms with Crippen LogP contribution in [-0.4, -0.2) is 22.6 Å². The van der Waals surface area contributed by atoms with E-state index in [1.165, 1.54) is 5.06 Å². The molecule has 2 aromatic carbocycles. The minimum Gasteiger partial charge on any atom is -0.358 e. The highest BCUT2D eigenvalue weighted by Crippen LogP contribution is 2.36. The summed E-state index contributed by atoms with van der Waals surface area (Å²) < 4.78 is 0. The van der Waals surface area contributed by atoms with Gasteiger partial charge in [-0.1, -0.05) is 55.1 Å². The van der Waals surface area contributed by atoms with Crippen molar-refractivity contribution < 1.29 is 9.63 Å². The molecule has 0 spiro atoms. The molecule has 4 nitrogen and oxygen atoms in total. The van der Waals surface area contributed by atoms with E-state index in [2.05, 4.69) is 17.6 Å². The van der Waals surface area contributed by atoms with E-state index in [1.807, 2.05) is 62.4 Å². The number of hydrogen-bond donors (Lipinski definition) is 1. The van der Waals surface area contributed by atoms with Gasteiger partial charge in [-0.15, -0.1) is 0 Å². The zero-order valence-electron chi connectivity index (χ0n) is 15.5. The number of nitrogens with zero attached hydrogens (tertiary/aromatic N) is 1. The Morgan fingerprint density at radius 1 is 1.15 bits per heavy atom. The van der Waals surface area contributed by atoms with E-state index in [4.69, 9.17) is 4.84 Å². The molecule has 0 radical (unpaired) electrons. The van der Waals surface area contributed by atoms with Gasteiger partial charge in [0, 0.05) is 27.7 Å². The molecular weight excluding hydrogens is 324 g/mol. The van der Waals surface area contributed by atoms with Gasteiger partial charge in [0.1, 0.15) is 6.04 Å². The molecule has 1 heterocycles. The molecule has 0 bridgehead atoms. The minimum atomic E-state index is -0.364. The van der Waals surface area contributed by atoms with Crippen molar-refractivity contribution in [1.29, 1.82) is 0 Å². The fraction of sp³-hybridized carbons (Fsp3) is 0.227. The average Bonchev–Trinajstić information content (AvgIpc) is 2.97. The van der Waals surface area contributed by atoms with Crippen LogP contribution in [0.4, 0.5) is 0 Å².